The van der Waals surface area contributed by atoms with Crippen molar-refractivity contribution in [3.05, 3.63) is 41.7 Å². The summed E-state index contributed by atoms with van der Waals surface area (Å²) >= 11 is 5.35. The van der Waals surface area contributed by atoms with Crippen LogP contribution in [0.4, 0.5) is 0 Å². The Kier molecular flexibility index (Phi) is 4.83. The molecule has 18 heavy (non-hydrogen) atoms. The molecule has 1 unspecified atom stereocenters. The fourth-order valence-electron chi connectivity index (χ4n) is 1.64. The number of hydrogen-bond donors (Lipinski definition) is 0. The van der Waals surface area contributed by atoms with Crippen molar-refractivity contribution in [2.45, 2.75) is 18.0 Å². The Morgan fingerprint density at radius 3 is 2.56 bits per heavy atom. The second-order valence-corrected chi connectivity index (χ2v) is 5.80. The van der Waals surface area contributed by atoms with Crippen molar-refractivity contribution in [2.75, 3.05) is 11.1 Å². The fraction of sp³-hybridized carbons (Fsp3) is 0.385. The molecule has 5 heteroatoms. The quantitative estimate of drug-likeness (QED) is 0.623. The summed E-state index contributed by atoms with van der Waals surface area (Å²) in [6, 6.07) is 10.6. The van der Waals surface area contributed by atoms with Crippen LogP contribution in [0.25, 0.3) is 0 Å². The first-order valence-corrected chi connectivity index (χ1v) is 7.92. The average Bonchev–Trinajstić information content (AvgIpc) is 2.72. The Balaban J connectivity index is 2.02. The lowest BCUT2D eigenvalue weighted by Crippen LogP contribution is -2.04. The van der Waals surface area contributed by atoms with Crippen LogP contribution in [0.5, 0.6) is 0 Å². The van der Waals surface area contributed by atoms with E-state index in [-0.39, 0.29) is 0 Å². The van der Waals surface area contributed by atoms with Gasteiger partial charge in [0, 0.05) is 24.0 Å². The maximum absolute atomic E-state index is 4.18. The van der Waals surface area contributed by atoms with Crippen LogP contribution in [-0.4, -0.2) is 25.8 Å². The molecule has 1 heterocycles. The molecule has 0 N–H and O–H groups in total. The van der Waals surface area contributed by atoms with E-state index >= 15 is 0 Å². The Bertz CT molecular complexity index is 498. The van der Waals surface area contributed by atoms with Gasteiger partial charge < -0.3 is 4.57 Å². The van der Waals surface area contributed by atoms with Crippen LogP contribution >= 0.6 is 27.7 Å². The van der Waals surface area contributed by atoms with Crippen LogP contribution in [-0.2, 0) is 7.05 Å². The summed E-state index contributed by atoms with van der Waals surface area (Å²) in [4.78, 5) is 0. The first-order valence-electron chi connectivity index (χ1n) is 5.82. The highest BCUT2D eigenvalue weighted by Crippen LogP contribution is 2.26. The van der Waals surface area contributed by atoms with Gasteiger partial charge in [0.25, 0.3) is 0 Å². The van der Waals surface area contributed by atoms with E-state index < -0.39 is 0 Å². The summed E-state index contributed by atoms with van der Waals surface area (Å²) in [6.45, 7) is 1.97. The summed E-state index contributed by atoms with van der Waals surface area (Å²) in [5.74, 6) is 2.45. The smallest absolute Gasteiger partial charge is 0.190 e. The molecule has 0 spiro atoms. The van der Waals surface area contributed by atoms with Gasteiger partial charge >= 0.3 is 0 Å². The zero-order valence-corrected chi connectivity index (χ0v) is 12.9. The lowest BCUT2D eigenvalue weighted by molar-refractivity contribution is 0.762. The van der Waals surface area contributed by atoms with Crippen LogP contribution < -0.4 is 0 Å². The van der Waals surface area contributed by atoms with E-state index in [0.29, 0.717) is 5.92 Å². The van der Waals surface area contributed by atoms with E-state index in [9.17, 15) is 0 Å². The molecule has 2 aromatic rings. The minimum atomic E-state index is 0.494. The molecule has 1 aromatic carbocycles. The third kappa shape index (κ3) is 3.14. The Labute approximate surface area is 120 Å². The van der Waals surface area contributed by atoms with E-state index in [0.717, 1.165) is 22.1 Å². The van der Waals surface area contributed by atoms with Gasteiger partial charge in [-0.15, -0.1) is 10.2 Å². The van der Waals surface area contributed by atoms with Crippen molar-refractivity contribution in [1.29, 1.82) is 0 Å². The largest absolute Gasteiger partial charge is 0.309 e. The van der Waals surface area contributed by atoms with Crippen molar-refractivity contribution >= 4 is 27.7 Å². The molecule has 1 aromatic heterocycles. The maximum Gasteiger partial charge on any atom is 0.190 e. The molecule has 0 bridgehead atoms. The van der Waals surface area contributed by atoms with Gasteiger partial charge in [-0.3, -0.25) is 0 Å². The topological polar surface area (TPSA) is 30.7 Å². The van der Waals surface area contributed by atoms with Crippen molar-refractivity contribution in [2.24, 2.45) is 7.05 Å². The van der Waals surface area contributed by atoms with Crippen molar-refractivity contribution in [3.63, 3.8) is 0 Å². The number of benzene rings is 1. The molecule has 96 valence electrons. The van der Waals surface area contributed by atoms with Crippen LogP contribution in [0.3, 0.4) is 0 Å². The van der Waals surface area contributed by atoms with E-state index in [1.165, 1.54) is 5.56 Å². The standard InChI is InChI=1S/C13H16BrN3S/c1-10-15-16-13(17(10)2)18-9-12(8-14)11-6-4-3-5-7-11/h3-7,12H,8-9H2,1-2H3. The van der Waals surface area contributed by atoms with Gasteiger partial charge in [0.2, 0.25) is 0 Å². The third-order valence-electron chi connectivity index (χ3n) is 2.92. The number of thioether (sulfide) groups is 1. The molecular weight excluding hydrogens is 310 g/mol. The number of halogens is 1. The van der Waals surface area contributed by atoms with Crippen molar-refractivity contribution < 1.29 is 0 Å². The van der Waals surface area contributed by atoms with Crippen molar-refractivity contribution in [3.8, 4) is 0 Å². The lowest BCUT2D eigenvalue weighted by Gasteiger charge is -2.13. The van der Waals surface area contributed by atoms with Crippen LogP contribution in [0, 0.1) is 6.92 Å². The first-order chi connectivity index (χ1) is 8.72. The summed E-state index contributed by atoms with van der Waals surface area (Å²) in [5.41, 5.74) is 1.36. The number of rotatable bonds is 5. The molecular formula is C13H16BrN3S. The van der Waals surface area contributed by atoms with Gasteiger partial charge in [0.15, 0.2) is 5.16 Å². The van der Waals surface area contributed by atoms with Gasteiger partial charge in [-0.1, -0.05) is 58.0 Å². The van der Waals surface area contributed by atoms with E-state index in [2.05, 4.69) is 50.4 Å². The van der Waals surface area contributed by atoms with Gasteiger partial charge in [-0.2, -0.15) is 0 Å². The van der Waals surface area contributed by atoms with E-state index in [1.807, 2.05) is 24.6 Å². The fourth-order valence-corrected chi connectivity index (χ4v) is 3.63. The highest BCUT2D eigenvalue weighted by Gasteiger charge is 2.13. The molecule has 0 saturated heterocycles. The monoisotopic (exact) mass is 325 g/mol. The second-order valence-electron chi connectivity index (χ2n) is 4.16. The molecule has 2 rings (SSSR count). The number of nitrogens with zero attached hydrogens (tertiary/aromatic N) is 3. The summed E-state index contributed by atoms with van der Waals surface area (Å²) in [5, 5.41) is 10.2. The second kappa shape index (κ2) is 6.38. The molecule has 0 aliphatic carbocycles. The lowest BCUT2D eigenvalue weighted by atomic mass is 10.0. The predicted molar refractivity (Wildman–Crippen MR) is 79.4 cm³/mol. The summed E-state index contributed by atoms with van der Waals surface area (Å²) in [6.07, 6.45) is 0. The summed E-state index contributed by atoms with van der Waals surface area (Å²) in [7, 11) is 2.00. The van der Waals surface area contributed by atoms with Crippen molar-refractivity contribution in [1.82, 2.24) is 14.8 Å². The third-order valence-corrected chi connectivity index (χ3v) is 4.89. The Hall–Kier alpha value is -0.810. The Morgan fingerprint density at radius 1 is 1.28 bits per heavy atom. The zero-order valence-electron chi connectivity index (χ0n) is 10.5. The summed E-state index contributed by atoms with van der Waals surface area (Å²) < 4.78 is 2.03. The van der Waals surface area contributed by atoms with E-state index in [4.69, 9.17) is 0 Å². The SMILES string of the molecule is Cc1nnc(SCC(CBr)c2ccccc2)n1C. The predicted octanol–water partition coefficient (Wildman–Crippen LogP) is 3.39. The average molecular weight is 326 g/mol. The minimum absolute atomic E-state index is 0.494. The van der Waals surface area contributed by atoms with Gasteiger partial charge in [-0.25, -0.2) is 0 Å². The molecule has 0 aliphatic heterocycles. The van der Waals surface area contributed by atoms with Crippen LogP contribution in [0.15, 0.2) is 35.5 Å². The number of hydrogen-bond acceptors (Lipinski definition) is 3. The van der Waals surface area contributed by atoms with Crippen LogP contribution in [0.1, 0.15) is 17.3 Å². The normalized spacial score (nSPS) is 12.6. The highest BCUT2D eigenvalue weighted by atomic mass is 79.9. The molecule has 0 saturated carbocycles. The minimum Gasteiger partial charge on any atom is -0.309 e. The van der Waals surface area contributed by atoms with Crippen LogP contribution in [0.2, 0.25) is 0 Å². The number of alkyl halides is 1. The van der Waals surface area contributed by atoms with E-state index in [1.54, 1.807) is 11.8 Å². The van der Waals surface area contributed by atoms with Gasteiger partial charge in [0.05, 0.1) is 0 Å². The molecule has 0 aliphatic rings. The molecule has 1 atom stereocenters. The van der Waals surface area contributed by atoms with Gasteiger partial charge in [0.1, 0.15) is 5.82 Å². The Morgan fingerprint density at radius 2 is 2.00 bits per heavy atom. The molecule has 0 fully saturated rings. The number of aryl methyl sites for hydroxylation is 1. The zero-order chi connectivity index (χ0) is 13.0. The molecule has 0 radical (unpaired) electrons. The van der Waals surface area contributed by atoms with Gasteiger partial charge in [-0.05, 0) is 12.5 Å². The first kappa shape index (κ1) is 13.6. The molecule has 0 amide bonds. The highest BCUT2D eigenvalue weighted by molar-refractivity contribution is 9.09. The number of aromatic nitrogens is 3. The molecule has 3 nitrogen and oxygen atoms in total. The maximum atomic E-state index is 4.18.